The van der Waals surface area contributed by atoms with Gasteiger partial charge in [0.15, 0.2) is 0 Å². The Kier molecular flexibility index (Phi) is 8.01. The fraction of sp³-hybridized carbons (Fsp3) is 0.750. The number of carbonyl (C=O) groups is 2. The van der Waals surface area contributed by atoms with Crippen molar-refractivity contribution in [1.29, 1.82) is 0 Å². The molecule has 0 unspecified atom stereocenters. The molecule has 194 valence electrons. The highest BCUT2D eigenvalue weighted by molar-refractivity contribution is 6.61. The molecule has 35 heavy (non-hydrogen) atoms. The van der Waals surface area contributed by atoms with Gasteiger partial charge in [-0.15, -0.1) is 0 Å². The van der Waals surface area contributed by atoms with E-state index in [0.717, 1.165) is 31.1 Å². The van der Waals surface area contributed by atoms with E-state index in [1.165, 1.54) is 0 Å². The van der Waals surface area contributed by atoms with Crippen molar-refractivity contribution in [1.82, 2.24) is 20.6 Å². The third kappa shape index (κ3) is 7.07. The molecule has 1 aromatic heterocycles. The maximum absolute atomic E-state index is 12.7. The third-order valence-corrected chi connectivity index (χ3v) is 6.73. The molecule has 3 rings (SSSR count). The summed E-state index contributed by atoms with van der Waals surface area (Å²) in [6, 6.07) is -0.850. The minimum atomic E-state index is -0.720. The molecule has 1 aliphatic heterocycles. The fourth-order valence-corrected chi connectivity index (χ4v) is 4.01. The van der Waals surface area contributed by atoms with Crippen molar-refractivity contribution < 1.29 is 23.6 Å². The Morgan fingerprint density at radius 1 is 1.06 bits per heavy atom. The third-order valence-electron chi connectivity index (χ3n) is 6.73. The Labute approximate surface area is 208 Å². The first-order valence-corrected chi connectivity index (χ1v) is 12.4. The molecule has 0 aromatic carbocycles. The Bertz CT molecular complexity index is 887. The molecule has 0 bridgehead atoms. The highest BCUT2D eigenvalue weighted by atomic mass is 16.7. The maximum atomic E-state index is 12.7. The van der Waals surface area contributed by atoms with Gasteiger partial charge in [0.05, 0.1) is 11.2 Å². The molecule has 2 fully saturated rings. The molecule has 0 spiro atoms. The largest absolute Gasteiger partial charge is 0.498 e. The van der Waals surface area contributed by atoms with Crippen LogP contribution in [0.25, 0.3) is 0 Å². The van der Waals surface area contributed by atoms with Gasteiger partial charge in [0.2, 0.25) is 11.9 Å². The summed E-state index contributed by atoms with van der Waals surface area (Å²) in [5.41, 5.74) is -0.740. The molecule has 10 nitrogen and oxygen atoms in total. The molecule has 1 saturated carbocycles. The van der Waals surface area contributed by atoms with Crippen LogP contribution in [0.5, 0.6) is 0 Å². The number of alkyl carbamates (subject to hydrolysis) is 1. The normalized spacial score (nSPS) is 24.4. The van der Waals surface area contributed by atoms with E-state index in [0.29, 0.717) is 5.95 Å². The molecule has 3 N–H and O–H groups in total. The van der Waals surface area contributed by atoms with Gasteiger partial charge in [0.1, 0.15) is 11.6 Å². The molecule has 2 amide bonds. The number of carbonyl (C=O) groups excluding carboxylic acids is 2. The van der Waals surface area contributed by atoms with Crippen LogP contribution in [0.2, 0.25) is 0 Å². The van der Waals surface area contributed by atoms with Crippen LogP contribution in [0.1, 0.15) is 81.1 Å². The van der Waals surface area contributed by atoms with Crippen LogP contribution in [0.4, 0.5) is 10.7 Å². The molecule has 1 aliphatic carbocycles. The summed E-state index contributed by atoms with van der Waals surface area (Å²) in [4.78, 5) is 33.7. The van der Waals surface area contributed by atoms with Crippen LogP contribution in [0.15, 0.2) is 12.4 Å². The van der Waals surface area contributed by atoms with Crippen molar-refractivity contribution in [2.75, 3.05) is 5.32 Å². The Morgan fingerprint density at radius 3 is 2.14 bits per heavy atom. The number of nitrogens with one attached hydrogen (secondary N) is 3. The van der Waals surface area contributed by atoms with E-state index >= 15 is 0 Å². The van der Waals surface area contributed by atoms with Gasteiger partial charge in [-0.3, -0.25) is 4.79 Å². The lowest BCUT2D eigenvalue weighted by Crippen LogP contribution is -2.54. The van der Waals surface area contributed by atoms with Gasteiger partial charge in [-0.2, -0.15) is 0 Å². The summed E-state index contributed by atoms with van der Waals surface area (Å²) in [5.74, 6) is 0.225. The number of ether oxygens (including phenoxy) is 1. The summed E-state index contributed by atoms with van der Waals surface area (Å²) in [5, 5.41) is 9.02. The number of anilines is 1. The van der Waals surface area contributed by atoms with Crippen molar-refractivity contribution in [2.24, 2.45) is 0 Å². The van der Waals surface area contributed by atoms with Crippen molar-refractivity contribution in [3.8, 4) is 0 Å². The predicted octanol–water partition coefficient (Wildman–Crippen LogP) is 2.53. The minimum absolute atomic E-state index is 0.0240. The lowest BCUT2D eigenvalue weighted by atomic mass is 9.81. The minimum Gasteiger partial charge on any atom is -0.444 e. The number of aromatic nitrogens is 2. The summed E-state index contributed by atoms with van der Waals surface area (Å²) < 4.78 is 17.4. The van der Waals surface area contributed by atoms with Gasteiger partial charge >= 0.3 is 13.2 Å². The second-order valence-corrected chi connectivity index (χ2v) is 11.4. The molecule has 1 saturated heterocycles. The number of nitrogens with zero attached hydrogens (tertiary/aromatic N) is 2. The zero-order valence-corrected chi connectivity index (χ0v) is 22.2. The molecule has 3 atom stereocenters. The average molecular weight is 489 g/mol. The fourth-order valence-electron chi connectivity index (χ4n) is 4.01. The second kappa shape index (κ2) is 10.3. The van der Waals surface area contributed by atoms with E-state index in [9.17, 15) is 9.59 Å². The van der Waals surface area contributed by atoms with Gasteiger partial charge in [0, 0.05) is 29.9 Å². The predicted molar refractivity (Wildman–Crippen MR) is 134 cm³/mol. The first-order chi connectivity index (χ1) is 16.2. The van der Waals surface area contributed by atoms with Crippen molar-refractivity contribution in [3.05, 3.63) is 12.4 Å². The summed E-state index contributed by atoms with van der Waals surface area (Å²) >= 11 is 0. The average Bonchev–Trinajstić information content (AvgIpc) is 2.95. The number of rotatable bonds is 6. The van der Waals surface area contributed by atoms with Gasteiger partial charge in [-0.05, 0) is 68.2 Å². The number of hydrogen-bond donors (Lipinski definition) is 3. The van der Waals surface area contributed by atoms with Crippen molar-refractivity contribution in [3.63, 3.8) is 0 Å². The highest BCUT2D eigenvalue weighted by Crippen LogP contribution is 2.36. The van der Waals surface area contributed by atoms with Crippen LogP contribution in [-0.2, 0) is 18.8 Å². The van der Waals surface area contributed by atoms with Crippen molar-refractivity contribution in [2.45, 2.75) is 116 Å². The van der Waals surface area contributed by atoms with E-state index in [4.69, 9.17) is 14.0 Å². The van der Waals surface area contributed by atoms with Crippen molar-refractivity contribution >= 4 is 30.5 Å². The standard InChI is InChI=1S/C24H40BN5O5/c1-15(28-21(32)33-22(2,3)4)19(31)29-17-11-9-10-12-18(17)30-20-26-13-16(14-27-20)25-34-23(5,6)24(7,8)35-25/h13-15,17-18H,9-12H2,1-8H3,(H,28,32)(H,29,31)(H,26,27,30)/t15-,17-,18-/m0/s1. The highest BCUT2D eigenvalue weighted by Gasteiger charge is 2.52. The monoisotopic (exact) mass is 489 g/mol. The van der Waals surface area contributed by atoms with Crippen LogP contribution in [-0.4, -0.2) is 64.0 Å². The van der Waals surface area contributed by atoms with E-state index in [1.54, 1.807) is 40.1 Å². The van der Waals surface area contributed by atoms with Crippen LogP contribution < -0.4 is 21.4 Å². The smallest absolute Gasteiger partial charge is 0.444 e. The van der Waals surface area contributed by atoms with Gasteiger partial charge in [-0.25, -0.2) is 14.8 Å². The van der Waals surface area contributed by atoms with E-state index in [1.807, 2.05) is 27.7 Å². The zero-order valence-electron chi connectivity index (χ0n) is 22.2. The lowest BCUT2D eigenvalue weighted by molar-refractivity contribution is -0.123. The number of amides is 2. The van der Waals surface area contributed by atoms with E-state index in [-0.39, 0.29) is 18.0 Å². The van der Waals surface area contributed by atoms with Crippen LogP contribution >= 0.6 is 0 Å². The zero-order chi connectivity index (χ0) is 26.0. The Morgan fingerprint density at radius 2 is 1.60 bits per heavy atom. The number of hydrogen-bond acceptors (Lipinski definition) is 8. The van der Waals surface area contributed by atoms with Gasteiger partial charge in [0.25, 0.3) is 0 Å². The van der Waals surface area contributed by atoms with E-state index < -0.39 is 36.1 Å². The van der Waals surface area contributed by atoms with Gasteiger partial charge in [-0.1, -0.05) is 12.8 Å². The SMILES string of the molecule is C[C@H](NC(=O)OC(C)(C)C)C(=O)N[C@H]1CCCC[C@@H]1Nc1ncc(B2OC(C)(C)C(C)(C)O2)cn1. The molecule has 1 aromatic rings. The Hall–Kier alpha value is -2.40. The second-order valence-electron chi connectivity index (χ2n) is 11.4. The summed E-state index contributed by atoms with van der Waals surface area (Å²) in [7, 11) is -0.519. The van der Waals surface area contributed by atoms with Crippen LogP contribution in [0.3, 0.4) is 0 Å². The molecule has 0 radical (unpaired) electrons. The molecule has 2 heterocycles. The maximum Gasteiger partial charge on any atom is 0.498 e. The topological polar surface area (TPSA) is 124 Å². The molecule has 11 heteroatoms. The lowest BCUT2D eigenvalue weighted by Gasteiger charge is -2.33. The Balaban J connectivity index is 1.57. The quantitative estimate of drug-likeness (QED) is 0.521. The first-order valence-electron chi connectivity index (χ1n) is 12.4. The molecule has 2 aliphatic rings. The molecular weight excluding hydrogens is 449 g/mol. The summed E-state index contributed by atoms with van der Waals surface area (Å²) in [6.07, 6.45) is 6.56. The molecular formula is C24H40BN5O5. The first kappa shape index (κ1) is 27.2. The summed E-state index contributed by atoms with van der Waals surface area (Å²) in [6.45, 7) is 15.0. The van der Waals surface area contributed by atoms with Gasteiger partial charge < -0.3 is 30.0 Å². The van der Waals surface area contributed by atoms with Crippen LogP contribution in [0, 0.1) is 0 Å². The van der Waals surface area contributed by atoms with E-state index in [2.05, 4.69) is 25.9 Å².